The van der Waals surface area contributed by atoms with Gasteiger partial charge in [-0.1, -0.05) is 30.1 Å². The molecule has 2 saturated heterocycles. The number of hydrogen-bond donors (Lipinski definition) is 1. The summed E-state index contributed by atoms with van der Waals surface area (Å²) in [6.07, 6.45) is 1.60. The molecular formula is C15H22Cl4N4O. The van der Waals surface area contributed by atoms with Crippen molar-refractivity contribution < 1.29 is 4.79 Å². The van der Waals surface area contributed by atoms with Gasteiger partial charge in [-0.25, -0.2) is 4.98 Å². The van der Waals surface area contributed by atoms with Crippen molar-refractivity contribution in [3.05, 3.63) is 22.3 Å². The predicted octanol–water partition coefficient (Wildman–Crippen LogP) is 2.74. The molecule has 3 heterocycles. The van der Waals surface area contributed by atoms with Crippen LogP contribution in [0.4, 0.5) is 5.82 Å². The second-order valence-corrected chi connectivity index (χ2v) is 6.82. The van der Waals surface area contributed by atoms with Crippen LogP contribution in [-0.2, 0) is 4.79 Å². The molecule has 5 nitrogen and oxygen atoms in total. The van der Waals surface area contributed by atoms with Crippen LogP contribution in [0, 0.1) is 11.8 Å². The summed E-state index contributed by atoms with van der Waals surface area (Å²) in [6, 6.07) is 1.70. The number of piperazine rings is 1. The number of amides is 1. The van der Waals surface area contributed by atoms with Crippen LogP contribution in [0.15, 0.2) is 12.3 Å². The van der Waals surface area contributed by atoms with Gasteiger partial charge in [-0.05, 0) is 25.1 Å². The lowest BCUT2D eigenvalue weighted by molar-refractivity contribution is -0.137. The van der Waals surface area contributed by atoms with Crippen molar-refractivity contribution in [3.63, 3.8) is 0 Å². The maximum absolute atomic E-state index is 12.5. The van der Waals surface area contributed by atoms with Crippen LogP contribution in [-0.4, -0.2) is 55.1 Å². The number of carbonyl (C=O) groups is 1. The molecule has 136 valence electrons. The maximum Gasteiger partial charge on any atom is 0.225 e. The van der Waals surface area contributed by atoms with Crippen molar-refractivity contribution in [2.24, 2.45) is 11.8 Å². The molecule has 24 heavy (non-hydrogen) atoms. The number of aromatic nitrogens is 1. The third-order valence-corrected chi connectivity index (χ3v) is 5.07. The highest BCUT2D eigenvalue weighted by molar-refractivity contribution is 6.36. The van der Waals surface area contributed by atoms with Gasteiger partial charge in [-0.15, -0.1) is 24.8 Å². The van der Waals surface area contributed by atoms with Gasteiger partial charge < -0.3 is 15.1 Å². The van der Waals surface area contributed by atoms with Crippen LogP contribution in [0.3, 0.4) is 0 Å². The maximum atomic E-state index is 12.5. The lowest BCUT2D eigenvalue weighted by Gasteiger charge is -2.39. The Hall–Kier alpha value is -0.460. The van der Waals surface area contributed by atoms with Crippen molar-refractivity contribution in [2.45, 2.75) is 6.92 Å². The summed E-state index contributed by atoms with van der Waals surface area (Å²) < 4.78 is 0. The SMILES string of the molecule is CC(C(=O)N1CCN(c2ncc(Cl)cc2Cl)CC1)C1CNC1.Cl.Cl. The average molecular weight is 416 g/mol. The molecular weight excluding hydrogens is 394 g/mol. The molecule has 2 fully saturated rings. The normalized spacial score (nSPS) is 19.0. The van der Waals surface area contributed by atoms with E-state index in [4.69, 9.17) is 23.2 Å². The van der Waals surface area contributed by atoms with Crippen LogP contribution < -0.4 is 10.2 Å². The van der Waals surface area contributed by atoms with Crippen LogP contribution >= 0.6 is 48.0 Å². The molecule has 0 aliphatic carbocycles. The summed E-state index contributed by atoms with van der Waals surface area (Å²) >= 11 is 12.1. The van der Waals surface area contributed by atoms with Crippen LogP contribution in [0.5, 0.6) is 0 Å². The first-order valence-corrected chi connectivity index (χ1v) is 8.37. The second-order valence-electron chi connectivity index (χ2n) is 5.98. The van der Waals surface area contributed by atoms with E-state index in [1.165, 1.54) is 0 Å². The molecule has 1 amide bonds. The number of pyridine rings is 1. The number of hydrogen-bond acceptors (Lipinski definition) is 4. The Morgan fingerprint density at radius 1 is 1.25 bits per heavy atom. The number of rotatable bonds is 3. The Labute approximate surface area is 164 Å². The average Bonchev–Trinajstić information content (AvgIpc) is 2.45. The fraction of sp³-hybridized carbons (Fsp3) is 0.600. The Bertz CT molecular complexity index is 562. The topological polar surface area (TPSA) is 48.5 Å². The van der Waals surface area contributed by atoms with E-state index in [2.05, 4.69) is 15.2 Å². The Kier molecular flexibility index (Phi) is 8.36. The summed E-state index contributed by atoms with van der Waals surface area (Å²) in [5.74, 6) is 1.60. The molecule has 0 saturated carbocycles. The van der Waals surface area contributed by atoms with E-state index < -0.39 is 0 Å². The molecule has 9 heteroatoms. The van der Waals surface area contributed by atoms with Crippen LogP contribution in [0.2, 0.25) is 10.0 Å². The monoisotopic (exact) mass is 414 g/mol. The molecule has 1 atom stereocenters. The van der Waals surface area contributed by atoms with Crippen molar-refractivity contribution >= 4 is 59.7 Å². The summed E-state index contributed by atoms with van der Waals surface area (Å²) in [5, 5.41) is 4.32. The van der Waals surface area contributed by atoms with Gasteiger partial charge in [0, 0.05) is 38.3 Å². The van der Waals surface area contributed by atoms with E-state index in [0.29, 0.717) is 29.1 Å². The molecule has 2 aliphatic rings. The first kappa shape index (κ1) is 21.6. The molecule has 0 radical (unpaired) electrons. The highest BCUT2D eigenvalue weighted by Crippen LogP contribution is 2.27. The minimum Gasteiger partial charge on any atom is -0.352 e. The lowest BCUT2D eigenvalue weighted by Crippen LogP contribution is -2.54. The summed E-state index contributed by atoms with van der Waals surface area (Å²) in [5.41, 5.74) is 0. The standard InChI is InChI=1S/C15H20Cl2N4O.2ClH/c1-10(11-7-18-8-11)15(22)21-4-2-20(3-5-21)14-13(17)6-12(16)9-19-14;;/h6,9-11,18H,2-5,7-8H2,1H3;2*1H. The van der Waals surface area contributed by atoms with E-state index in [1.54, 1.807) is 12.3 Å². The fourth-order valence-electron chi connectivity index (χ4n) is 2.93. The predicted molar refractivity (Wildman–Crippen MR) is 103 cm³/mol. The minimum atomic E-state index is 0. The van der Waals surface area contributed by atoms with Crippen molar-refractivity contribution in [1.29, 1.82) is 0 Å². The molecule has 0 bridgehead atoms. The van der Waals surface area contributed by atoms with Crippen molar-refractivity contribution in [3.8, 4) is 0 Å². The van der Waals surface area contributed by atoms with Crippen molar-refractivity contribution in [2.75, 3.05) is 44.2 Å². The molecule has 1 aromatic rings. The molecule has 1 unspecified atom stereocenters. The molecule has 0 aromatic carbocycles. The van der Waals surface area contributed by atoms with Gasteiger partial charge in [0.25, 0.3) is 0 Å². The number of anilines is 1. The number of nitrogens with zero attached hydrogens (tertiary/aromatic N) is 3. The molecule has 2 aliphatic heterocycles. The van der Waals surface area contributed by atoms with E-state index in [9.17, 15) is 4.79 Å². The number of halogens is 4. The summed E-state index contributed by atoms with van der Waals surface area (Å²) in [4.78, 5) is 20.9. The fourth-order valence-corrected chi connectivity index (χ4v) is 3.43. The van der Waals surface area contributed by atoms with Gasteiger partial charge in [0.2, 0.25) is 5.91 Å². The van der Waals surface area contributed by atoms with E-state index in [0.717, 1.165) is 32.0 Å². The van der Waals surface area contributed by atoms with E-state index in [-0.39, 0.29) is 36.6 Å². The highest BCUT2D eigenvalue weighted by Gasteiger charge is 2.33. The zero-order chi connectivity index (χ0) is 15.7. The molecule has 3 rings (SSSR count). The zero-order valence-electron chi connectivity index (χ0n) is 13.4. The van der Waals surface area contributed by atoms with Gasteiger partial charge in [0.05, 0.1) is 10.0 Å². The second kappa shape index (κ2) is 9.30. The molecule has 1 N–H and O–H groups in total. The van der Waals surface area contributed by atoms with E-state index >= 15 is 0 Å². The number of nitrogens with one attached hydrogen (secondary N) is 1. The van der Waals surface area contributed by atoms with Gasteiger partial charge in [-0.2, -0.15) is 0 Å². The zero-order valence-corrected chi connectivity index (χ0v) is 16.5. The van der Waals surface area contributed by atoms with Gasteiger partial charge in [0.1, 0.15) is 5.82 Å². The Balaban J connectivity index is 0.00000144. The number of carbonyl (C=O) groups excluding carboxylic acids is 1. The largest absolute Gasteiger partial charge is 0.352 e. The Morgan fingerprint density at radius 2 is 1.88 bits per heavy atom. The first-order valence-electron chi connectivity index (χ1n) is 7.62. The lowest BCUT2D eigenvalue weighted by atomic mass is 9.88. The summed E-state index contributed by atoms with van der Waals surface area (Å²) in [7, 11) is 0. The van der Waals surface area contributed by atoms with Gasteiger partial charge >= 0.3 is 0 Å². The smallest absolute Gasteiger partial charge is 0.225 e. The third kappa shape index (κ3) is 4.58. The van der Waals surface area contributed by atoms with Gasteiger partial charge in [0.15, 0.2) is 0 Å². The van der Waals surface area contributed by atoms with Crippen LogP contribution in [0.1, 0.15) is 6.92 Å². The Morgan fingerprint density at radius 3 is 2.38 bits per heavy atom. The minimum absolute atomic E-state index is 0. The van der Waals surface area contributed by atoms with Crippen molar-refractivity contribution in [1.82, 2.24) is 15.2 Å². The van der Waals surface area contributed by atoms with E-state index in [1.807, 2.05) is 11.8 Å². The highest BCUT2D eigenvalue weighted by atomic mass is 35.5. The third-order valence-electron chi connectivity index (χ3n) is 4.59. The first-order chi connectivity index (χ1) is 10.6. The van der Waals surface area contributed by atoms with Gasteiger partial charge in [-0.3, -0.25) is 4.79 Å². The summed E-state index contributed by atoms with van der Waals surface area (Å²) in [6.45, 7) is 6.87. The molecule has 0 spiro atoms. The van der Waals surface area contributed by atoms with Crippen LogP contribution in [0.25, 0.3) is 0 Å². The molecule has 1 aromatic heterocycles. The quantitative estimate of drug-likeness (QED) is 0.824.